The molecule has 1 saturated heterocycles. The van der Waals surface area contributed by atoms with Crippen LogP contribution in [0.1, 0.15) is 48.1 Å². The third-order valence-electron chi connectivity index (χ3n) is 7.00. The van der Waals surface area contributed by atoms with Crippen molar-refractivity contribution in [3.8, 4) is 17.2 Å². The first-order valence-electron chi connectivity index (χ1n) is 13.7. The van der Waals surface area contributed by atoms with Crippen molar-refractivity contribution in [2.75, 3.05) is 6.61 Å². The largest absolute Gasteiger partial charge is 0.872 e. The second-order valence-corrected chi connectivity index (χ2v) is 9.99. The first-order valence-corrected chi connectivity index (χ1v) is 13.7. The van der Waals surface area contributed by atoms with Crippen LogP contribution in [-0.4, -0.2) is 23.2 Å². The quantitative estimate of drug-likeness (QED) is 0.117. The minimum atomic E-state index is -0.886. The van der Waals surface area contributed by atoms with Crippen LogP contribution in [0.15, 0.2) is 103 Å². The number of H-pyrrole nitrogens is 1. The Kier molecular flexibility index (Phi) is 8.44. The summed E-state index contributed by atoms with van der Waals surface area (Å²) in [6.45, 7) is 4.69. The van der Waals surface area contributed by atoms with Gasteiger partial charge in [-0.05, 0) is 72.5 Å². The number of para-hydroxylation sites is 1. The van der Waals surface area contributed by atoms with Gasteiger partial charge in [-0.15, -0.1) is 0 Å². The Morgan fingerprint density at radius 2 is 1.76 bits per heavy atom. The van der Waals surface area contributed by atoms with Gasteiger partial charge in [0.15, 0.2) is 12.4 Å². The molecule has 1 fully saturated rings. The number of nitrogens with zero attached hydrogens (tertiary/aromatic N) is 1. The molecule has 1 unspecified atom stereocenters. The summed E-state index contributed by atoms with van der Waals surface area (Å²) in [4.78, 5) is 31.4. The fourth-order valence-corrected chi connectivity index (χ4v) is 4.91. The number of likely N-dealkylation sites (tertiary alicyclic amines) is 1. The number of ketones is 1. The van der Waals surface area contributed by atoms with E-state index < -0.39 is 23.5 Å². The highest BCUT2D eigenvalue weighted by Crippen LogP contribution is 2.41. The molecular formula is C34H32N2O5. The molecule has 3 aromatic carbocycles. The van der Waals surface area contributed by atoms with Crippen molar-refractivity contribution in [3.05, 3.63) is 125 Å². The van der Waals surface area contributed by atoms with E-state index in [0.717, 1.165) is 24.0 Å². The molecule has 208 valence electrons. The number of Topliss-reactive ketones (excluding diaryl/α,β-unsaturated/α-hetero) is 1. The van der Waals surface area contributed by atoms with Gasteiger partial charge in [0.1, 0.15) is 17.2 Å². The molecule has 2 heterocycles. The number of ether oxygens (including phenoxy) is 2. The summed E-state index contributed by atoms with van der Waals surface area (Å²) < 4.78 is 11.9. The number of benzene rings is 3. The van der Waals surface area contributed by atoms with Crippen LogP contribution in [0.25, 0.3) is 5.76 Å². The summed E-state index contributed by atoms with van der Waals surface area (Å²) in [7, 11) is 0. The standard InChI is InChI=1S/C34H32N2O5/c1-3-4-18-40-29-16-15-26(19-23(29)2)32(37)30-31(36(34(39)33(30)38)22-24-10-9-17-35-21-24)25-11-8-14-28(20-25)41-27-12-6-5-7-13-27/h5-17,19-21,31,37H,3-4,18,22H2,1-2H3. The molecule has 0 spiro atoms. The van der Waals surface area contributed by atoms with Crippen LogP contribution in [0.2, 0.25) is 0 Å². The van der Waals surface area contributed by atoms with Gasteiger partial charge in [-0.3, -0.25) is 9.59 Å². The smallest absolute Gasteiger partial charge is 0.295 e. The highest BCUT2D eigenvalue weighted by Gasteiger charge is 2.44. The lowest BCUT2D eigenvalue weighted by atomic mass is 9.94. The molecule has 1 aliphatic heterocycles. The molecule has 7 heteroatoms. The molecule has 7 nitrogen and oxygen atoms in total. The van der Waals surface area contributed by atoms with Gasteiger partial charge in [0, 0.05) is 17.2 Å². The molecule has 1 aromatic heterocycles. The lowest BCUT2D eigenvalue weighted by molar-refractivity contribution is -0.378. The van der Waals surface area contributed by atoms with E-state index in [4.69, 9.17) is 9.47 Å². The van der Waals surface area contributed by atoms with Gasteiger partial charge in [0.05, 0.1) is 19.2 Å². The maximum absolute atomic E-state index is 14.0. The topological polar surface area (TPSA) is 93.0 Å². The third-order valence-corrected chi connectivity index (χ3v) is 7.00. The van der Waals surface area contributed by atoms with Gasteiger partial charge in [-0.2, -0.15) is 0 Å². The fourth-order valence-electron chi connectivity index (χ4n) is 4.91. The first-order chi connectivity index (χ1) is 20.0. The van der Waals surface area contributed by atoms with E-state index in [1.807, 2.05) is 55.5 Å². The van der Waals surface area contributed by atoms with E-state index in [0.29, 0.717) is 35.0 Å². The van der Waals surface area contributed by atoms with Crippen molar-refractivity contribution < 1.29 is 29.2 Å². The number of unbranched alkanes of at least 4 members (excludes halogenated alkanes) is 1. The summed E-state index contributed by atoms with van der Waals surface area (Å²) in [5, 5.41) is 14.0. The summed E-state index contributed by atoms with van der Waals surface area (Å²) in [6, 6.07) is 24.4. The Morgan fingerprint density at radius 1 is 0.951 bits per heavy atom. The van der Waals surface area contributed by atoms with Crippen LogP contribution < -0.4 is 19.6 Å². The predicted octanol–water partition coefficient (Wildman–Crippen LogP) is 5.20. The molecule has 0 saturated carbocycles. The van der Waals surface area contributed by atoms with E-state index in [-0.39, 0.29) is 12.1 Å². The van der Waals surface area contributed by atoms with Crippen molar-refractivity contribution in [3.63, 3.8) is 0 Å². The molecule has 0 bridgehead atoms. The number of rotatable bonds is 10. The molecule has 0 aliphatic carbocycles. The number of amides is 1. The van der Waals surface area contributed by atoms with Crippen LogP contribution in [0.5, 0.6) is 17.2 Å². The molecule has 1 atom stereocenters. The van der Waals surface area contributed by atoms with Crippen LogP contribution in [0.3, 0.4) is 0 Å². The summed E-state index contributed by atoms with van der Waals surface area (Å²) in [5.74, 6) is -0.115. The Bertz CT molecular complexity index is 1570. The second kappa shape index (κ2) is 12.5. The first kappa shape index (κ1) is 27.6. The van der Waals surface area contributed by atoms with Gasteiger partial charge < -0.3 is 19.5 Å². The zero-order valence-corrected chi connectivity index (χ0v) is 23.1. The van der Waals surface area contributed by atoms with Gasteiger partial charge in [-0.25, -0.2) is 4.98 Å². The molecule has 1 aliphatic rings. The van der Waals surface area contributed by atoms with Crippen LogP contribution in [0, 0.1) is 6.92 Å². The lowest BCUT2D eigenvalue weighted by Gasteiger charge is -2.27. The number of aryl methyl sites for hydroxylation is 1. The number of pyridine rings is 1. The lowest BCUT2D eigenvalue weighted by Crippen LogP contribution is -2.29. The number of aromatic amines is 1. The highest BCUT2D eigenvalue weighted by atomic mass is 16.5. The molecule has 1 N–H and O–H groups in total. The van der Waals surface area contributed by atoms with Crippen molar-refractivity contribution in [1.82, 2.24) is 4.90 Å². The number of carbonyl (C=O) groups excluding carboxylic acids is 2. The molecule has 5 rings (SSSR count). The number of aromatic nitrogens is 1. The maximum Gasteiger partial charge on any atom is 0.295 e. The van der Waals surface area contributed by atoms with Crippen LogP contribution in [0.4, 0.5) is 0 Å². The number of hydrogen-bond donors (Lipinski definition) is 0. The summed E-state index contributed by atoms with van der Waals surface area (Å²) in [6.07, 6.45) is 5.48. The van der Waals surface area contributed by atoms with Crippen LogP contribution in [-0.2, 0) is 16.1 Å². The highest BCUT2D eigenvalue weighted by molar-refractivity contribution is 6.46. The molecule has 0 radical (unpaired) electrons. The van der Waals surface area contributed by atoms with Crippen LogP contribution >= 0.6 is 0 Å². The normalized spacial score (nSPS) is 16.1. The van der Waals surface area contributed by atoms with Gasteiger partial charge in [-0.1, -0.05) is 55.5 Å². The average molecular weight is 549 g/mol. The third kappa shape index (κ3) is 6.14. The van der Waals surface area contributed by atoms with E-state index in [1.54, 1.807) is 48.8 Å². The number of hydrogen-bond acceptors (Lipinski definition) is 5. The van der Waals surface area contributed by atoms with E-state index >= 15 is 0 Å². The Hall–Kier alpha value is -4.91. The van der Waals surface area contributed by atoms with Crippen molar-refractivity contribution in [1.29, 1.82) is 0 Å². The molecule has 41 heavy (non-hydrogen) atoms. The Balaban J connectivity index is 1.57. The zero-order valence-electron chi connectivity index (χ0n) is 23.1. The molecule has 4 aromatic rings. The number of nitrogens with one attached hydrogen (secondary N) is 1. The van der Waals surface area contributed by atoms with E-state index in [2.05, 4.69) is 11.9 Å². The Labute approximate surface area is 239 Å². The summed E-state index contributed by atoms with van der Waals surface area (Å²) in [5.41, 5.74) is 2.45. The second-order valence-electron chi connectivity index (χ2n) is 9.99. The monoisotopic (exact) mass is 548 g/mol. The van der Waals surface area contributed by atoms with E-state index in [1.165, 1.54) is 4.90 Å². The molecular weight excluding hydrogens is 516 g/mol. The SMILES string of the molecule is CCCCOc1ccc(C([O-])=C2C(=O)C(=O)N(Cc3ccc[nH+]c3)C2c2cccc(Oc3ccccc3)c2)cc1C. The minimum absolute atomic E-state index is 0.0779. The maximum atomic E-state index is 14.0. The van der Waals surface area contributed by atoms with Gasteiger partial charge >= 0.3 is 0 Å². The molecule has 1 amide bonds. The Morgan fingerprint density at radius 3 is 2.49 bits per heavy atom. The van der Waals surface area contributed by atoms with E-state index in [9.17, 15) is 14.7 Å². The van der Waals surface area contributed by atoms with Crippen molar-refractivity contribution in [2.45, 2.75) is 39.3 Å². The summed E-state index contributed by atoms with van der Waals surface area (Å²) >= 11 is 0. The van der Waals surface area contributed by atoms with Crippen molar-refractivity contribution in [2.24, 2.45) is 0 Å². The van der Waals surface area contributed by atoms with Crippen molar-refractivity contribution >= 4 is 17.4 Å². The van der Waals surface area contributed by atoms with Gasteiger partial charge in [0.2, 0.25) is 5.78 Å². The predicted molar refractivity (Wildman–Crippen MR) is 153 cm³/mol. The minimum Gasteiger partial charge on any atom is -0.872 e. The number of carbonyl (C=O) groups is 2. The zero-order chi connectivity index (χ0) is 28.8. The fraction of sp³-hybridized carbons (Fsp3) is 0.206. The average Bonchev–Trinajstić information content (AvgIpc) is 3.24. The van der Waals surface area contributed by atoms with Gasteiger partial charge in [0.25, 0.3) is 5.91 Å².